The average molecular weight is 281 g/mol. The van der Waals surface area contributed by atoms with E-state index < -0.39 is 5.97 Å². The first-order valence-corrected chi connectivity index (χ1v) is 5.44. The van der Waals surface area contributed by atoms with Crippen molar-refractivity contribution in [1.29, 1.82) is 0 Å². The summed E-state index contributed by atoms with van der Waals surface area (Å²) in [5, 5.41) is 0. The van der Waals surface area contributed by atoms with Gasteiger partial charge in [-0.1, -0.05) is 34.1 Å². The minimum Gasteiger partial charge on any atom is -0.463 e. The Bertz CT molecular complexity index is 516. The van der Waals surface area contributed by atoms with Gasteiger partial charge in [0.05, 0.1) is 7.11 Å². The third-order valence-electron chi connectivity index (χ3n) is 2.13. The molecule has 4 heteroatoms. The van der Waals surface area contributed by atoms with Gasteiger partial charge in [0.25, 0.3) is 0 Å². The zero-order valence-electron chi connectivity index (χ0n) is 8.57. The number of halogens is 1. The molecule has 0 saturated heterocycles. The number of rotatable bonds is 2. The van der Waals surface area contributed by atoms with Crippen molar-refractivity contribution in [2.24, 2.45) is 0 Å². The molecule has 0 atom stereocenters. The highest BCUT2D eigenvalue weighted by molar-refractivity contribution is 9.10. The highest BCUT2D eigenvalue weighted by atomic mass is 79.9. The summed E-state index contributed by atoms with van der Waals surface area (Å²) >= 11 is 3.42. The van der Waals surface area contributed by atoms with Crippen molar-refractivity contribution >= 4 is 21.9 Å². The first kappa shape index (κ1) is 11.0. The molecule has 0 radical (unpaired) electrons. The Balaban J connectivity index is 2.39. The van der Waals surface area contributed by atoms with Gasteiger partial charge in [-0.25, -0.2) is 4.79 Å². The van der Waals surface area contributed by atoms with E-state index in [1.54, 1.807) is 12.1 Å². The minimum atomic E-state index is -0.474. The van der Waals surface area contributed by atoms with Crippen molar-refractivity contribution in [3.05, 3.63) is 46.6 Å². The van der Waals surface area contributed by atoms with Gasteiger partial charge in [0, 0.05) is 10.0 Å². The van der Waals surface area contributed by atoms with Crippen molar-refractivity contribution in [3.63, 3.8) is 0 Å². The molecule has 0 aliphatic carbocycles. The monoisotopic (exact) mass is 280 g/mol. The number of benzene rings is 1. The van der Waals surface area contributed by atoms with E-state index in [2.05, 4.69) is 20.7 Å². The molecule has 1 heterocycles. The maximum Gasteiger partial charge on any atom is 0.373 e. The lowest BCUT2D eigenvalue weighted by molar-refractivity contribution is 0.0566. The lowest BCUT2D eigenvalue weighted by atomic mass is 10.2. The highest BCUT2D eigenvalue weighted by Crippen LogP contribution is 2.29. The molecule has 0 N–H and O–H groups in total. The quantitative estimate of drug-likeness (QED) is 0.791. The second-order valence-electron chi connectivity index (χ2n) is 3.14. The molecule has 1 aromatic heterocycles. The van der Waals surface area contributed by atoms with Crippen LogP contribution in [0, 0.1) is 0 Å². The van der Waals surface area contributed by atoms with Gasteiger partial charge in [-0.15, -0.1) is 0 Å². The summed E-state index contributed by atoms with van der Waals surface area (Å²) < 4.78 is 10.9. The zero-order valence-corrected chi connectivity index (χ0v) is 10.2. The number of ether oxygens (including phenoxy) is 1. The number of esters is 1. The van der Waals surface area contributed by atoms with Gasteiger partial charge in [-0.2, -0.15) is 0 Å². The summed E-state index contributed by atoms with van der Waals surface area (Å²) in [6.07, 6.45) is 0. The minimum absolute atomic E-state index is 0.202. The fourth-order valence-electron chi connectivity index (χ4n) is 1.35. The van der Waals surface area contributed by atoms with Crippen LogP contribution in [-0.2, 0) is 4.74 Å². The molecule has 2 aromatic rings. The van der Waals surface area contributed by atoms with E-state index in [4.69, 9.17) is 4.42 Å². The van der Waals surface area contributed by atoms with Gasteiger partial charge in [0.2, 0.25) is 5.76 Å². The van der Waals surface area contributed by atoms with E-state index in [0.29, 0.717) is 5.76 Å². The third kappa shape index (κ3) is 2.02. The van der Waals surface area contributed by atoms with Gasteiger partial charge in [0.1, 0.15) is 5.76 Å². The Hall–Kier alpha value is -1.55. The topological polar surface area (TPSA) is 39.4 Å². The van der Waals surface area contributed by atoms with Crippen LogP contribution in [0.15, 0.2) is 45.3 Å². The van der Waals surface area contributed by atoms with Crippen LogP contribution in [0.5, 0.6) is 0 Å². The summed E-state index contributed by atoms with van der Waals surface area (Å²) in [4.78, 5) is 11.2. The normalized spacial score (nSPS) is 10.1. The third-order valence-corrected chi connectivity index (χ3v) is 2.82. The van der Waals surface area contributed by atoms with E-state index in [1.165, 1.54) is 7.11 Å². The Kier molecular flexibility index (Phi) is 3.10. The van der Waals surface area contributed by atoms with Crippen LogP contribution in [0.2, 0.25) is 0 Å². The summed E-state index contributed by atoms with van der Waals surface area (Å²) in [6, 6.07) is 11.0. The zero-order chi connectivity index (χ0) is 11.5. The number of hydrogen-bond acceptors (Lipinski definition) is 3. The maximum absolute atomic E-state index is 11.2. The van der Waals surface area contributed by atoms with Gasteiger partial charge in [-0.05, 0) is 18.2 Å². The Morgan fingerprint density at radius 2 is 2.00 bits per heavy atom. The molecule has 0 fully saturated rings. The number of furan rings is 1. The van der Waals surface area contributed by atoms with Crippen LogP contribution >= 0.6 is 15.9 Å². The summed E-state index contributed by atoms with van der Waals surface area (Å²) in [7, 11) is 1.32. The Morgan fingerprint density at radius 3 is 2.69 bits per heavy atom. The van der Waals surface area contributed by atoms with Gasteiger partial charge < -0.3 is 9.15 Å². The second kappa shape index (κ2) is 4.53. The molecule has 16 heavy (non-hydrogen) atoms. The molecule has 82 valence electrons. The van der Waals surface area contributed by atoms with Crippen molar-refractivity contribution in [1.82, 2.24) is 0 Å². The van der Waals surface area contributed by atoms with E-state index in [0.717, 1.165) is 10.0 Å². The predicted molar refractivity (Wildman–Crippen MR) is 63.2 cm³/mol. The largest absolute Gasteiger partial charge is 0.463 e. The van der Waals surface area contributed by atoms with Crippen molar-refractivity contribution in [3.8, 4) is 11.3 Å². The van der Waals surface area contributed by atoms with E-state index in [1.807, 2.05) is 24.3 Å². The summed E-state index contributed by atoms with van der Waals surface area (Å²) in [5.74, 6) is 0.361. The fourth-order valence-corrected chi connectivity index (χ4v) is 1.83. The highest BCUT2D eigenvalue weighted by Gasteiger charge is 2.13. The molecule has 0 spiro atoms. The van der Waals surface area contributed by atoms with Crippen LogP contribution < -0.4 is 0 Å². The fraction of sp³-hybridized carbons (Fsp3) is 0.0833. The molecule has 0 bridgehead atoms. The molecule has 3 nitrogen and oxygen atoms in total. The predicted octanol–water partition coefficient (Wildman–Crippen LogP) is 3.50. The molecule has 0 unspecified atom stereocenters. The van der Waals surface area contributed by atoms with Gasteiger partial charge in [-0.3, -0.25) is 0 Å². The molecule has 0 aliphatic heterocycles. The van der Waals surface area contributed by atoms with E-state index >= 15 is 0 Å². The van der Waals surface area contributed by atoms with Crippen molar-refractivity contribution in [2.45, 2.75) is 0 Å². The number of hydrogen-bond donors (Lipinski definition) is 0. The Labute approximate surface area is 101 Å². The average Bonchev–Trinajstić information content (AvgIpc) is 2.78. The van der Waals surface area contributed by atoms with Crippen LogP contribution in [0.1, 0.15) is 10.6 Å². The molecular formula is C12H9BrO3. The molecule has 1 aromatic carbocycles. The maximum atomic E-state index is 11.2. The first-order valence-electron chi connectivity index (χ1n) is 4.65. The standard InChI is InChI=1S/C12H9BrO3/c1-15-12(14)11-7-6-10(16-11)8-4-2-3-5-9(8)13/h2-7H,1H3. The van der Waals surface area contributed by atoms with E-state index in [-0.39, 0.29) is 5.76 Å². The molecule has 0 aliphatic rings. The van der Waals surface area contributed by atoms with Gasteiger partial charge >= 0.3 is 5.97 Å². The summed E-state index contributed by atoms with van der Waals surface area (Å²) in [5.41, 5.74) is 0.901. The molecule has 2 rings (SSSR count). The number of carbonyl (C=O) groups excluding carboxylic acids is 1. The molecular weight excluding hydrogens is 272 g/mol. The summed E-state index contributed by atoms with van der Waals surface area (Å²) in [6.45, 7) is 0. The second-order valence-corrected chi connectivity index (χ2v) is 3.99. The number of carbonyl (C=O) groups is 1. The van der Waals surface area contributed by atoms with Crippen LogP contribution in [0.25, 0.3) is 11.3 Å². The van der Waals surface area contributed by atoms with E-state index in [9.17, 15) is 4.79 Å². The molecule has 0 amide bonds. The molecule has 0 saturated carbocycles. The van der Waals surface area contributed by atoms with Crippen molar-refractivity contribution in [2.75, 3.05) is 7.11 Å². The smallest absolute Gasteiger partial charge is 0.373 e. The van der Waals surface area contributed by atoms with Crippen LogP contribution in [0.3, 0.4) is 0 Å². The SMILES string of the molecule is COC(=O)c1ccc(-c2ccccc2Br)o1. The first-order chi connectivity index (χ1) is 7.72. The number of methoxy groups -OCH3 is 1. The van der Waals surface area contributed by atoms with Crippen molar-refractivity contribution < 1.29 is 13.9 Å². The van der Waals surface area contributed by atoms with Crippen LogP contribution in [0.4, 0.5) is 0 Å². The Morgan fingerprint density at radius 1 is 1.25 bits per heavy atom. The lowest BCUT2D eigenvalue weighted by Crippen LogP contribution is -1.98. The van der Waals surface area contributed by atoms with Gasteiger partial charge in [0.15, 0.2) is 0 Å². The lowest BCUT2D eigenvalue weighted by Gasteiger charge is -1.99. The van der Waals surface area contributed by atoms with Crippen LogP contribution in [-0.4, -0.2) is 13.1 Å².